The second-order valence-corrected chi connectivity index (χ2v) is 7.22. The van der Waals surface area contributed by atoms with E-state index in [2.05, 4.69) is 10.3 Å². The monoisotopic (exact) mass is 439 g/mol. The van der Waals surface area contributed by atoms with Crippen molar-refractivity contribution in [3.63, 3.8) is 0 Å². The van der Waals surface area contributed by atoms with Crippen LogP contribution in [0, 0.1) is 0 Å². The fourth-order valence-electron chi connectivity index (χ4n) is 3.18. The highest BCUT2D eigenvalue weighted by Gasteiger charge is 2.30. The van der Waals surface area contributed by atoms with Gasteiger partial charge in [0.15, 0.2) is 0 Å². The Balaban J connectivity index is 1.29. The number of nitrogens with zero attached hydrogens (tertiary/aromatic N) is 2. The van der Waals surface area contributed by atoms with Crippen molar-refractivity contribution in [2.75, 3.05) is 6.54 Å². The summed E-state index contributed by atoms with van der Waals surface area (Å²) in [4.78, 5) is 16.6. The molecule has 2 heterocycles. The number of halogens is 3. The van der Waals surface area contributed by atoms with E-state index in [1.54, 1.807) is 24.3 Å². The van der Waals surface area contributed by atoms with Crippen LogP contribution >= 0.6 is 0 Å². The number of nitrogens with one attached hydrogen (secondary N) is 1. The van der Waals surface area contributed by atoms with Gasteiger partial charge in [0.05, 0.1) is 11.3 Å². The number of hydrogen-bond donors (Lipinski definition) is 1. The lowest BCUT2D eigenvalue weighted by atomic mass is 10.2. The molecule has 0 aliphatic heterocycles. The lowest BCUT2D eigenvalue weighted by Crippen LogP contribution is -2.25. The Hall–Kier alpha value is -3.81. The summed E-state index contributed by atoms with van der Waals surface area (Å²) in [6.45, 7) is 0.747. The molecule has 0 unspecified atom stereocenters. The van der Waals surface area contributed by atoms with Gasteiger partial charge in [-0.3, -0.25) is 4.79 Å². The number of aromatic nitrogens is 2. The zero-order chi connectivity index (χ0) is 22.6. The topological polar surface area (TPSA) is 55.6 Å². The predicted octanol–water partition coefficient (Wildman–Crippen LogP) is 4.90. The van der Waals surface area contributed by atoms with Gasteiger partial charge in [-0.05, 0) is 42.0 Å². The second kappa shape index (κ2) is 9.13. The average Bonchev–Trinajstić information content (AvgIpc) is 3.20. The molecule has 0 atom stereocenters. The number of carbonyl (C=O) groups is 1. The Labute approximate surface area is 182 Å². The average molecular weight is 439 g/mol. The van der Waals surface area contributed by atoms with Crippen molar-refractivity contribution in [1.82, 2.24) is 14.7 Å². The second-order valence-electron chi connectivity index (χ2n) is 7.22. The van der Waals surface area contributed by atoms with E-state index in [-0.39, 0.29) is 5.91 Å². The largest absolute Gasteiger partial charge is 0.489 e. The van der Waals surface area contributed by atoms with Crippen LogP contribution in [0.15, 0.2) is 79.1 Å². The van der Waals surface area contributed by atoms with E-state index < -0.39 is 11.7 Å². The molecule has 0 fully saturated rings. The fourth-order valence-corrected chi connectivity index (χ4v) is 3.18. The number of fused-ring (bicyclic) bond motifs is 1. The van der Waals surface area contributed by atoms with Crippen molar-refractivity contribution in [3.8, 4) is 5.75 Å². The van der Waals surface area contributed by atoms with Crippen molar-refractivity contribution < 1.29 is 22.7 Å². The van der Waals surface area contributed by atoms with Crippen LogP contribution in [0.1, 0.15) is 27.2 Å². The highest BCUT2D eigenvalue weighted by molar-refractivity contribution is 5.94. The molecule has 0 radical (unpaired) electrons. The molecule has 8 heteroatoms. The number of benzene rings is 2. The SMILES string of the molecule is O=C(NCCc1cn2cc(C(F)(F)F)ccc2n1)c1ccc(OCc2ccccc2)cc1. The summed E-state index contributed by atoms with van der Waals surface area (Å²) in [6, 6.07) is 18.9. The number of amides is 1. The minimum Gasteiger partial charge on any atom is -0.489 e. The van der Waals surface area contributed by atoms with E-state index in [1.807, 2.05) is 30.3 Å². The molecule has 0 aliphatic rings. The predicted molar refractivity (Wildman–Crippen MR) is 113 cm³/mol. The van der Waals surface area contributed by atoms with E-state index in [9.17, 15) is 18.0 Å². The summed E-state index contributed by atoms with van der Waals surface area (Å²) >= 11 is 0. The molecule has 5 nitrogen and oxygen atoms in total. The number of carbonyl (C=O) groups excluding carboxylic acids is 1. The molecule has 0 saturated carbocycles. The molecular formula is C24H20F3N3O2. The maximum Gasteiger partial charge on any atom is 0.417 e. The van der Waals surface area contributed by atoms with E-state index in [0.717, 1.165) is 17.8 Å². The maximum absolute atomic E-state index is 12.8. The van der Waals surface area contributed by atoms with Gasteiger partial charge in [0, 0.05) is 30.9 Å². The first-order chi connectivity index (χ1) is 15.4. The van der Waals surface area contributed by atoms with E-state index in [0.29, 0.717) is 42.2 Å². The Morgan fingerprint density at radius 2 is 1.72 bits per heavy atom. The standard InChI is InChI=1S/C24H20F3N3O2/c25-24(26,27)19-8-11-22-29-20(15-30(22)14-19)12-13-28-23(31)18-6-9-21(10-7-18)32-16-17-4-2-1-3-5-17/h1-11,14-15H,12-13,16H2,(H,28,31). The van der Waals surface area contributed by atoms with Gasteiger partial charge in [0.25, 0.3) is 5.91 Å². The molecule has 0 saturated heterocycles. The summed E-state index contributed by atoms with van der Waals surface area (Å²) in [5, 5.41) is 2.80. The molecular weight excluding hydrogens is 419 g/mol. The summed E-state index contributed by atoms with van der Waals surface area (Å²) in [6.07, 6.45) is -1.47. The summed E-state index contributed by atoms with van der Waals surface area (Å²) in [7, 11) is 0. The quantitative estimate of drug-likeness (QED) is 0.446. The molecule has 164 valence electrons. The number of rotatable bonds is 7. The van der Waals surface area contributed by atoms with Crippen LogP contribution in [0.25, 0.3) is 5.65 Å². The van der Waals surface area contributed by atoms with Crippen molar-refractivity contribution >= 4 is 11.6 Å². The van der Waals surface area contributed by atoms with Crippen LogP contribution in [-0.2, 0) is 19.2 Å². The zero-order valence-electron chi connectivity index (χ0n) is 17.0. The van der Waals surface area contributed by atoms with Crippen molar-refractivity contribution in [2.45, 2.75) is 19.2 Å². The smallest absolute Gasteiger partial charge is 0.417 e. The van der Waals surface area contributed by atoms with Crippen LogP contribution in [-0.4, -0.2) is 21.8 Å². The van der Waals surface area contributed by atoms with Gasteiger partial charge in [0.1, 0.15) is 18.0 Å². The Kier molecular flexibility index (Phi) is 6.11. The lowest BCUT2D eigenvalue weighted by Gasteiger charge is -2.08. The molecule has 0 bridgehead atoms. The third-order valence-electron chi connectivity index (χ3n) is 4.86. The van der Waals surface area contributed by atoms with Crippen LogP contribution in [0.3, 0.4) is 0 Å². The number of alkyl halides is 3. The van der Waals surface area contributed by atoms with Crippen molar-refractivity contribution in [1.29, 1.82) is 0 Å². The first-order valence-corrected chi connectivity index (χ1v) is 9.98. The van der Waals surface area contributed by atoms with Gasteiger partial charge < -0.3 is 14.5 Å². The molecule has 0 spiro atoms. The van der Waals surface area contributed by atoms with Crippen molar-refractivity contribution in [3.05, 3.63) is 102 Å². The van der Waals surface area contributed by atoms with Gasteiger partial charge in [-0.15, -0.1) is 0 Å². The fraction of sp³-hybridized carbons (Fsp3) is 0.167. The zero-order valence-corrected chi connectivity index (χ0v) is 17.0. The number of ether oxygens (including phenoxy) is 1. The van der Waals surface area contributed by atoms with Crippen LogP contribution < -0.4 is 10.1 Å². The first kappa shape index (κ1) is 21.4. The van der Waals surface area contributed by atoms with E-state index in [1.165, 1.54) is 16.7 Å². The summed E-state index contributed by atoms with van der Waals surface area (Å²) in [5.74, 6) is 0.413. The third kappa shape index (κ3) is 5.26. The van der Waals surface area contributed by atoms with Crippen LogP contribution in [0.2, 0.25) is 0 Å². The van der Waals surface area contributed by atoms with Gasteiger partial charge in [-0.1, -0.05) is 30.3 Å². The minimum atomic E-state index is -4.41. The highest BCUT2D eigenvalue weighted by Crippen LogP contribution is 2.29. The first-order valence-electron chi connectivity index (χ1n) is 9.98. The van der Waals surface area contributed by atoms with Gasteiger partial charge >= 0.3 is 6.18 Å². The minimum absolute atomic E-state index is 0.247. The molecule has 0 aliphatic carbocycles. The Morgan fingerprint density at radius 3 is 2.44 bits per heavy atom. The summed E-state index contributed by atoms with van der Waals surface area (Å²) < 4.78 is 45.5. The Bertz CT molecular complexity index is 1200. The molecule has 4 rings (SSSR count). The summed E-state index contributed by atoms with van der Waals surface area (Å²) in [5.41, 5.74) is 1.82. The van der Waals surface area contributed by atoms with Crippen molar-refractivity contribution in [2.24, 2.45) is 0 Å². The number of hydrogen-bond acceptors (Lipinski definition) is 3. The van der Waals surface area contributed by atoms with Crippen LogP contribution in [0.5, 0.6) is 5.75 Å². The normalized spacial score (nSPS) is 11.5. The molecule has 1 amide bonds. The molecule has 2 aromatic carbocycles. The highest BCUT2D eigenvalue weighted by atomic mass is 19.4. The molecule has 32 heavy (non-hydrogen) atoms. The molecule has 2 aromatic heterocycles. The van der Waals surface area contributed by atoms with Gasteiger partial charge in [-0.2, -0.15) is 13.2 Å². The molecule has 1 N–H and O–H groups in total. The molecule has 4 aromatic rings. The van der Waals surface area contributed by atoms with Gasteiger partial charge in [-0.25, -0.2) is 4.98 Å². The maximum atomic E-state index is 12.8. The lowest BCUT2D eigenvalue weighted by molar-refractivity contribution is -0.137. The van der Waals surface area contributed by atoms with Crippen LogP contribution in [0.4, 0.5) is 13.2 Å². The Morgan fingerprint density at radius 1 is 0.969 bits per heavy atom. The van der Waals surface area contributed by atoms with E-state index in [4.69, 9.17) is 4.74 Å². The number of pyridine rings is 1. The third-order valence-corrected chi connectivity index (χ3v) is 4.86. The van der Waals surface area contributed by atoms with E-state index >= 15 is 0 Å². The number of imidazole rings is 1. The van der Waals surface area contributed by atoms with Gasteiger partial charge in [0.2, 0.25) is 0 Å².